The van der Waals surface area contributed by atoms with Crippen molar-refractivity contribution < 1.29 is 24.4 Å². The van der Waals surface area contributed by atoms with E-state index in [0.717, 1.165) is 25.3 Å². The summed E-state index contributed by atoms with van der Waals surface area (Å²) < 4.78 is 5.28. The zero-order valence-electron chi connectivity index (χ0n) is 15.2. The zero-order chi connectivity index (χ0) is 20.1. The van der Waals surface area contributed by atoms with E-state index in [1.165, 1.54) is 12.1 Å². The highest BCUT2D eigenvalue weighted by Gasteiger charge is 2.60. The molecule has 0 heterocycles. The molecule has 0 spiro atoms. The van der Waals surface area contributed by atoms with Gasteiger partial charge >= 0.3 is 5.97 Å². The van der Waals surface area contributed by atoms with E-state index >= 15 is 0 Å². The van der Waals surface area contributed by atoms with E-state index in [-0.39, 0.29) is 16.4 Å². The molecule has 2 atom stereocenters. The van der Waals surface area contributed by atoms with Gasteiger partial charge in [-0.05, 0) is 56.4 Å². The van der Waals surface area contributed by atoms with Crippen molar-refractivity contribution >= 4 is 34.9 Å². The van der Waals surface area contributed by atoms with Crippen LogP contribution in [-0.2, 0) is 14.3 Å². The van der Waals surface area contributed by atoms with E-state index in [4.69, 9.17) is 16.3 Å². The van der Waals surface area contributed by atoms with Crippen molar-refractivity contribution in [3.05, 3.63) is 33.3 Å². The van der Waals surface area contributed by atoms with Crippen LogP contribution in [0.1, 0.15) is 38.5 Å². The Kier molecular flexibility index (Phi) is 4.58. The van der Waals surface area contributed by atoms with Crippen molar-refractivity contribution in [3.63, 3.8) is 0 Å². The molecular formula is C19H21ClN2O6. The molecular weight excluding hydrogens is 388 g/mol. The molecule has 150 valence electrons. The standard InChI is InChI=1S/C19H21ClN2O6/c20-14-2-1-13(22(26)27)4-15(14)21-16(23)9-28-17(24)18-5-11-3-12(6-18)8-19(25,7-11)10-18/h1-2,4,11-12,25H,3,5-10H2,(H,21,23). The summed E-state index contributed by atoms with van der Waals surface area (Å²) in [7, 11) is 0. The molecule has 9 heteroatoms. The van der Waals surface area contributed by atoms with Crippen LogP contribution >= 0.6 is 11.6 Å². The quantitative estimate of drug-likeness (QED) is 0.439. The SMILES string of the molecule is O=C(COC(=O)C12CC3CC(CC(O)(C3)C1)C2)Nc1cc([N+](=O)[O-])ccc1Cl. The third-order valence-electron chi connectivity index (χ3n) is 6.23. The summed E-state index contributed by atoms with van der Waals surface area (Å²) in [5, 5.41) is 24.2. The number of nitro benzene ring substituents is 1. The summed E-state index contributed by atoms with van der Waals surface area (Å²) in [6, 6.07) is 3.70. The second-order valence-electron chi connectivity index (χ2n) is 8.51. The van der Waals surface area contributed by atoms with Crippen molar-refractivity contribution in [2.45, 2.75) is 44.1 Å². The Bertz CT molecular complexity index is 843. The summed E-state index contributed by atoms with van der Waals surface area (Å²) in [6.45, 7) is -0.507. The van der Waals surface area contributed by atoms with Crippen molar-refractivity contribution in [2.24, 2.45) is 17.3 Å². The highest BCUT2D eigenvalue weighted by Crippen LogP contribution is 2.61. The average molecular weight is 409 g/mol. The minimum atomic E-state index is -0.790. The topological polar surface area (TPSA) is 119 Å². The van der Waals surface area contributed by atoms with Gasteiger partial charge in [0.2, 0.25) is 0 Å². The van der Waals surface area contributed by atoms with Gasteiger partial charge in [0.1, 0.15) is 0 Å². The van der Waals surface area contributed by atoms with E-state index in [9.17, 15) is 24.8 Å². The summed E-state index contributed by atoms with van der Waals surface area (Å²) in [5.41, 5.74) is -1.62. The van der Waals surface area contributed by atoms with Gasteiger partial charge in [0.25, 0.3) is 11.6 Å². The Morgan fingerprint density at radius 1 is 1.29 bits per heavy atom. The van der Waals surface area contributed by atoms with E-state index in [1.807, 2.05) is 0 Å². The second kappa shape index (κ2) is 6.70. The van der Waals surface area contributed by atoms with Gasteiger partial charge in [0.15, 0.2) is 6.61 Å². The normalized spacial score (nSPS) is 32.8. The van der Waals surface area contributed by atoms with Gasteiger partial charge in [-0.2, -0.15) is 0 Å². The van der Waals surface area contributed by atoms with Gasteiger partial charge < -0.3 is 15.2 Å². The fourth-order valence-corrected chi connectivity index (χ4v) is 5.81. The van der Waals surface area contributed by atoms with E-state index < -0.39 is 34.4 Å². The molecule has 4 aliphatic carbocycles. The smallest absolute Gasteiger partial charge is 0.312 e. The van der Waals surface area contributed by atoms with Gasteiger partial charge in [-0.1, -0.05) is 11.6 Å². The first-order valence-electron chi connectivity index (χ1n) is 9.31. The molecule has 4 bridgehead atoms. The van der Waals surface area contributed by atoms with Crippen LogP contribution in [0.4, 0.5) is 11.4 Å². The van der Waals surface area contributed by atoms with Crippen LogP contribution in [0.2, 0.25) is 5.02 Å². The first-order chi connectivity index (χ1) is 13.2. The molecule has 4 fully saturated rings. The number of nitrogens with zero attached hydrogens (tertiary/aromatic N) is 1. The molecule has 2 unspecified atom stereocenters. The van der Waals surface area contributed by atoms with Crippen LogP contribution < -0.4 is 5.32 Å². The van der Waals surface area contributed by atoms with Crippen LogP contribution in [0.15, 0.2) is 18.2 Å². The summed E-state index contributed by atoms with van der Waals surface area (Å²) in [5.74, 6) is -0.410. The molecule has 0 aromatic heterocycles. The number of hydrogen-bond acceptors (Lipinski definition) is 6. The number of ether oxygens (including phenoxy) is 1. The van der Waals surface area contributed by atoms with Gasteiger partial charge in [-0.15, -0.1) is 0 Å². The van der Waals surface area contributed by atoms with Crippen molar-refractivity contribution in [3.8, 4) is 0 Å². The molecule has 4 saturated carbocycles. The lowest BCUT2D eigenvalue weighted by Gasteiger charge is -2.58. The molecule has 1 aromatic carbocycles. The van der Waals surface area contributed by atoms with E-state index in [0.29, 0.717) is 31.1 Å². The fraction of sp³-hybridized carbons (Fsp3) is 0.579. The number of nitrogens with one attached hydrogen (secondary N) is 1. The van der Waals surface area contributed by atoms with Crippen LogP contribution in [0, 0.1) is 27.4 Å². The number of amides is 1. The van der Waals surface area contributed by atoms with Crippen LogP contribution in [0.3, 0.4) is 0 Å². The number of nitro groups is 1. The summed E-state index contributed by atoms with van der Waals surface area (Å²) >= 11 is 5.96. The van der Waals surface area contributed by atoms with Gasteiger partial charge in [0.05, 0.1) is 26.6 Å². The second-order valence-corrected chi connectivity index (χ2v) is 8.92. The average Bonchev–Trinajstić information content (AvgIpc) is 2.59. The number of carbonyl (C=O) groups excluding carboxylic acids is 2. The number of rotatable bonds is 5. The lowest BCUT2D eigenvalue weighted by molar-refractivity contribution is -0.384. The molecule has 1 amide bonds. The largest absolute Gasteiger partial charge is 0.455 e. The maximum atomic E-state index is 12.8. The predicted octanol–water partition coefficient (Wildman–Crippen LogP) is 3.06. The Morgan fingerprint density at radius 3 is 2.57 bits per heavy atom. The van der Waals surface area contributed by atoms with Gasteiger partial charge in [0, 0.05) is 12.1 Å². The van der Waals surface area contributed by atoms with Crippen molar-refractivity contribution in [1.29, 1.82) is 0 Å². The summed E-state index contributed by atoms with van der Waals surface area (Å²) in [6.07, 6.45) is 4.31. The summed E-state index contributed by atoms with van der Waals surface area (Å²) in [4.78, 5) is 35.2. The minimum absolute atomic E-state index is 0.0843. The molecule has 28 heavy (non-hydrogen) atoms. The van der Waals surface area contributed by atoms with Crippen LogP contribution in [0.25, 0.3) is 0 Å². The minimum Gasteiger partial charge on any atom is -0.455 e. The number of esters is 1. The van der Waals surface area contributed by atoms with E-state index in [1.54, 1.807) is 0 Å². The molecule has 0 radical (unpaired) electrons. The number of aliphatic hydroxyl groups is 1. The maximum Gasteiger partial charge on any atom is 0.312 e. The molecule has 2 N–H and O–H groups in total. The first-order valence-corrected chi connectivity index (χ1v) is 9.69. The molecule has 0 aliphatic heterocycles. The lowest BCUT2D eigenvalue weighted by atomic mass is 9.48. The molecule has 5 rings (SSSR count). The number of benzene rings is 1. The number of carbonyl (C=O) groups is 2. The zero-order valence-corrected chi connectivity index (χ0v) is 15.9. The lowest BCUT2D eigenvalue weighted by Crippen LogP contribution is -2.58. The predicted molar refractivity (Wildman–Crippen MR) is 99.8 cm³/mol. The van der Waals surface area contributed by atoms with E-state index in [2.05, 4.69) is 5.32 Å². The number of halogens is 1. The van der Waals surface area contributed by atoms with Crippen molar-refractivity contribution in [2.75, 3.05) is 11.9 Å². The van der Waals surface area contributed by atoms with Crippen LogP contribution in [0.5, 0.6) is 0 Å². The van der Waals surface area contributed by atoms with Crippen molar-refractivity contribution in [1.82, 2.24) is 0 Å². The Hall–Kier alpha value is -2.19. The Labute approximate surface area is 166 Å². The first kappa shape index (κ1) is 19.1. The molecule has 8 nitrogen and oxygen atoms in total. The van der Waals surface area contributed by atoms with Crippen LogP contribution in [-0.4, -0.2) is 34.1 Å². The Morgan fingerprint density at radius 2 is 1.96 bits per heavy atom. The fourth-order valence-electron chi connectivity index (χ4n) is 5.65. The highest BCUT2D eigenvalue weighted by molar-refractivity contribution is 6.33. The number of non-ortho nitro benzene ring substituents is 1. The third kappa shape index (κ3) is 3.46. The molecule has 4 aliphatic rings. The third-order valence-corrected chi connectivity index (χ3v) is 6.56. The number of hydrogen-bond donors (Lipinski definition) is 2. The monoisotopic (exact) mass is 408 g/mol. The van der Waals surface area contributed by atoms with Gasteiger partial charge in [-0.25, -0.2) is 0 Å². The maximum absolute atomic E-state index is 12.8. The number of anilines is 1. The highest BCUT2D eigenvalue weighted by atomic mass is 35.5. The molecule has 1 aromatic rings. The molecule has 0 saturated heterocycles. The van der Waals surface area contributed by atoms with Gasteiger partial charge in [-0.3, -0.25) is 19.7 Å². The Balaban J connectivity index is 1.38.